The third-order valence-corrected chi connectivity index (χ3v) is 3.25. The van der Waals surface area contributed by atoms with E-state index in [1.54, 1.807) is 0 Å². The van der Waals surface area contributed by atoms with Crippen LogP contribution in [0.3, 0.4) is 0 Å². The third kappa shape index (κ3) is 3.20. The first-order chi connectivity index (χ1) is 7.60. The minimum absolute atomic E-state index is 0.0991. The standard InChI is InChI=1S/C11H20N2O3/c12-7-3-4-9(14)13-8-11(10(15)16)5-1-2-6-11/h1-8,12H2,(H,13,14)(H,15,16). The Morgan fingerprint density at radius 1 is 1.31 bits per heavy atom. The highest BCUT2D eigenvalue weighted by Crippen LogP contribution is 2.37. The van der Waals surface area contributed by atoms with Crippen molar-refractivity contribution in [3.05, 3.63) is 0 Å². The summed E-state index contributed by atoms with van der Waals surface area (Å²) in [6.45, 7) is 0.739. The van der Waals surface area contributed by atoms with Crippen molar-refractivity contribution in [3.8, 4) is 0 Å². The van der Waals surface area contributed by atoms with Crippen LogP contribution in [0, 0.1) is 5.41 Å². The molecule has 0 aliphatic heterocycles. The Morgan fingerprint density at radius 3 is 2.44 bits per heavy atom. The first kappa shape index (κ1) is 13.0. The number of amides is 1. The second-order valence-electron chi connectivity index (χ2n) is 4.46. The lowest BCUT2D eigenvalue weighted by Crippen LogP contribution is -2.41. The Labute approximate surface area is 95.4 Å². The minimum Gasteiger partial charge on any atom is -0.481 e. The molecule has 0 atom stereocenters. The molecule has 1 amide bonds. The largest absolute Gasteiger partial charge is 0.481 e. The number of carboxylic acids is 1. The molecule has 5 nitrogen and oxygen atoms in total. The zero-order valence-electron chi connectivity index (χ0n) is 9.50. The Bertz CT molecular complexity index is 260. The maximum Gasteiger partial charge on any atom is 0.311 e. The number of nitrogens with two attached hydrogens (primary N) is 1. The highest BCUT2D eigenvalue weighted by molar-refractivity contribution is 5.79. The van der Waals surface area contributed by atoms with Gasteiger partial charge in [0.15, 0.2) is 0 Å². The maximum absolute atomic E-state index is 11.4. The van der Waals surface area contributed by atoms with Gasteiger partial charge in [-0.05, 0) is 25.8 Å². The van der Waals surface area contributed by atoms with Crippen molar-refractivity contribution < 1.29 is 14.7 Å². The fraction of sp³-hybridized carbons (Fsp3) is 0.818. The molecule has 0 radical (unpaired) electrons. The smallest absolute Gasteiger partial charge is 0.311 e. The molecular weight excluding hydrogens is 208 g/mol. The van der Waals surface area contributed by atoms with E-state index in [4.69, 9.17) is 5.73 Å². The SMILES string of the molecule is NCCCC(=O)NCC1(C(=O)O)CCCC1. The van der Waals surface area contributed by atoms with Crippen molar-refractivity contribution in [3.63, 3.8) is 0 Å². The molecule has 0 saturated heterocycles. The molecule has 1 aliphatic carbocycles. The first-order valence-corrected chi connectivity index (χ1v) is 5.81. The van der Waals surface area contributed by atoms with Gasteiger partial charge in [0.2, 0.25) is 5.91 Å². The molecule has 1 fully saturated rings. The summed E-state index contributed by atoms with van der Waals surface area (Å²) in [7, 11) is 0. The van der Waals surface area contributed by atoms with Crippen molar-refractivity contribution >= 4 is 11.9 Å². The van der Waals surface area contributed by atoms with Crippen LogP contribution in [0.25, 0.3) is 0 Å². The maximum atomic E-state index is 11.4. The summed E-state index contributed by atoms with van der Waals surface area (Å²) < 4.78 is 0. The monoisotopic (exact) mass is 228 g/mol. The van der Waals surface area contributed by atoms with Gasteiger partial charge in [0.25, 0.3) is 0 Å². The number of nitrogens with one attached hydrogen (secondary N) is 1. The van der Waals surface area contributed by atoms with Crippen LogP contribution in [0.1, 0.15) is 38.5 Å². The molecule has 0 unspecified atom stereocenters. The van der Waals surface area contributed by atoms with Crippen LogP contribution in [0.5, 0.6) is 0 Å². The van der Waals surface area contributed by atoms with Gasteiger partial charge in [-0.2, -0.15) is 0 Å². The van der Waals surface area contributed by atoms with E-state index in [1.807, 2.05) is 0 Å². The molecule has 1 saturated carbocycles. The van der Waals surface area contributed by atoms with E-state index in [-0.39, 0.29) is 12.5 Å². The number of aliphatic carboxylic acids is 1. The van der Waals surface area contributed by atoms with Crippen LogP contribution in [-0.4, -0.2) is 30.1 Å². The van der Waals surface area contributed by atoms with Gasteiger partial charge in [0.1, 0.15) is 0 Å². The van der Waals surface area contributed by atoms with Gasteiger partial charge in [-0.3, -0.25) is 9.59 Å². The molecule has 5 heteroatoms. The topological polar surface area (TPSA) is 92.4 Å². The van der Waals surface area contributed by atoms with Crippen LogP contribution >= 0.6 is 0 Å². The molecule has 0 spiro atoms. The molecule has 0 aromatic carbocycles. The van der Waals surface area contributed by atoms with Crippen molar-refractivity contribution in [1.29, 1.82) is 0 Å². The summed E-state index contributed by atoms with van der Waals surface area (Å²) in [5, 5.41) is 11.9. The Morgan fingerprint density at radius 2 is 1.94 bits per heavy atom. The lowest BCUT2D eigenvalue weighted by atomic mass is 9.86. The molecule has 16 heavy (non-hydrogen) atoms. The predicted octanol–water partition coefficient (Wildman–Crippen LogP) is 0.486. The van der Waals surface area contributed by atoms with Crippen molar-refractivity contribution in [2.75, 3.05) is 13.1 Å². The zero-order chi connectivity index (χ0) is 12.0. The molecule has 0 aromatic rings. The number of carboxylic acid groups (broad SMARTS) is 1. The Kier molecular flexibility index (Phi) is 4.73. The third-order valence-electron chi connectivity index (χ3n) is 3.25. The van der Waals surface area contributed by atoms with Crippen LogP contribution in [0.15, 0.2) is 0 Å². The van der Waals surface area contributed by atoms with Gasteiger partial charge >= 0.3 is 5.97 Å². The minimum atomic E-state index is -0.788. The van der Waals surface area contributed by atoms with Gasteiger partial charge in [0.05, 0.1) is 5.41 Å². The van der Waals surface area contributed by atoms with E-state index >= 15 is 0 Å². The summed E-state index contributed by atoms with van der Waals surface area (Å²) in [5.74, 6) is -0.887. The van der Waals surface area contributed by atoms with Gasteiger partial charge in [-0.15, -0.1) is 0 Å². The van der Waals surface area contributed by atoms with Gasteiger partial charge in [0, 0.05) is 13.0 Å². The molecule has 4 N–H and O–H groups in total. The van der Waals surface area contributed by atoms with E-state index in [9.17, 15) is 14.7 Å². The highest BCUT2D eigenvalue weighted by Gasteiger charge is 2.41. The summed E-state index contributed by atoms with van der Waals surface area (Å²) >= 11 is 0. The first-order valence-electron chi connectivity index (χ1n) is 5.81. The van der Waals surface area contributed by atoms with Crippen molar-refractivity contribution in [2.24, 2.45) is 11.1 Å². The van der Waals surface area contributed by atoms with Gasteiger partial charge in [-0.25, -0.2) is 0 Å². The zero-order valence-corrected chi connectivity index (χ0v) is 9.50. The average Bonchev–Trinajstić information content (AvgIpc) is 2.73. The number of hydrogen-bond acceptors (Lipinski definition) is 3. The predicted molar refractivity (Wildman–Crippen MR) is 59.8 cm³/mol. The molecule has 1 aliphatic rings. The molecule has 0 aromatic heterocycles. The van der Waals surface area contributed by atoms with Gasteiger partial charge < -0.3 is 16.2 Å². The summed E-state index contributed by atoms with van der Waals surface area (Å²) in [4.78, 5) is 22.5. The fourth-order valence-electron chi connectivity index (χ4n) is 2.14. The van der Waals surface area contributed by atoms with Crippen LogP contribution in [-0.2, 0) is 9.59 Å². The van der Waals surface area contributed by atoms with Crippen LogP contribution < -0.4 is 11.1 Å². The number of rotatable bonds is 6. The van der Waals surface area contributed by atoms with E-state index in [2.05, 4.69) is 5.32 Å². The quantitative estimate of drug-likeness (QED) is 0.616. The van der Waals surface area contributed by atoms with Crippen molar-refractivity contribution in [1.82, 2.24) is 5.32 Å². The molecule has 0 bridgehead atoms. The van der Waals surface area contributed by atoms with Crippen LogP contribution in [0.2, 0.25) is 0 Å². The second-order valence-corrected chi connectivity index (χ2v) is 4.46. The lowest BCUT2D eigenvalue weighted by molar-refractivity contribution is -0.148. The number of carbonyl (C=O) groups excluding carboxylic acids is 1. The average molecular weight is 228 g/mol. The fourth-order valence-corrected chi connectivity index (χ4v) is 2.14. The molecular formula is C11H20N2O3. The van der Waals surface area contributed by atoms with E-state index < -0.39 is 11.4 Å². The van der Waals surface area contributed by atoms with E-state index in [0.717, 1.165) is 12.8 Å². The van der Waals surface area contributed by atoms with Crippen molar-refractivity contribution in [2.45, 2.75) is 38.5 Å². The highest BCUT2D eigenvalue weighted by atomic mass is 16.4. The normalized spacial score (nSPS) is 18.3. The van der Waals surface area contributed by atoms with E-state index in [1.165, 1.54) is 0 Å². The Hall–Kier alpha value is -1.10. The summed E-state index contributed by atoms with van der Waals surface area (Å²) in [6.07, 6.45) is 4.23. The molecule has 1 rings (SSSR count). The molecule has 92 valence electrons. The lowest BCUT2D eigenvalue weighted by Gasteiger charge is -2.23. The number of carbonyl (C=O) groups is 2. The second kappa shape index (κ2) is 5.84. The number of hydrogen-bond donors (Lipinski definition) is 3. The van der Waals surface area contributed by atoms with Crippen LogP contribution in [0.4, 0.5) is 0 Å². The summed E-state index contributed by atoms with van der Waals surface area (Å²) in [5.41, 5.74) is 4.57. The van der Waals surface area contributed by atoms with Gasteiger partial charge in [-0.1, -0.05) is 12.8 Å². The van der Waals surface area contributed by atoms with E-state index in [0.29, 0.717) is 32.2 Å². The summed E-state index contributed by atoms with van der Waals surface area (Å²) in [6, 6.07) is 0. The molecule has 0 heterocycles. The Balaban J connectivity index is 2.39.